The second-order valence-corrected chi connectivity index (χ2v) is 10.6. The zero-order valence-electron chi connectivity index (χ0n) is 21.2. The van der Waals surface area contributed by atoms with Crippen LogP contribution in [0.15, 0.2) is 123 Å². The third-order valence-electron chi connectivity index (χ3n) is 6.64. The van der Waals surface area contributed by atoms with Gasteiger partial charge in [0.25, 0.3) is 0 Å². The number of aromatic amines is 2. The number of benzene rings is 2. The lowest BCUT2D eigenvalue weighted by Crippen LogP contribution is -2.64. The molecule has 2 aromatic carbocycles. The van der Waals surface area contributed by atoms with E-state index in [1.165, 1.54) is 9.79 Å². The van der Waals surface area contributed by atoms with Gasteiger partial charge in [-0.1, -0.05) is 24.3 Å². The summed E-state index contributed by atoms with van der Waals surface area (Å²) in [5.41, 5.74) is 10.7. The van der Waals surface area contributed by atoms with E-state index >= 15 is 0 Å². The highest BCUT2D eigenvalue weighted by atomic mass is 32.2. The molecule has 0 aliphatic carbocycles. The molecule has 6 rings (SSSR count). The number of aromatic nitrogens is 2. The van der Waals surface area contributed by atoms with Crippen LogP contribution in [-0.2, 0) is 0 Å². The molecule has 4 aromatic rings. The lowest BCUT2D eigenvalue weighted by Gasteiger charge is -2.09. The Kier molecular flexibility index (Phi) is 6.90. The number of hydrogen-bond acceptors (Lipinski definition) is 3. The molecule has 4 heterocycles. The first-order valence-corrected chi connectivity index (χ1v) is 14.8. The van der Waals surface area contributed by atoms with E-state index in [-0.39, 0.29) is 0 Å². The maximum atomic E-state index is 4.62. The van der Waals surface area contributed by atoms with Crippen molar-refractivity contribution in [1.29, 1.82) is 0 Å². The summed E-state index contributed by atoms with van der Waals surface area (Å²) in [5.74, 6) is 0. The molecule has 38 heavy (non-hydrogen) atoms. The molecule has 186 valence electrons. The predicted octanol–water partition coefficient (Wildman–Crippen LogP) is 6.33. The molecule has 0 saturated heterocycles. The lowest BCUT2D eigenvalue weighted by molar-refractivity contribution is -0.379. The third kappa shape index (κ3) is 4.80. The smallest absolute Gasteiger partial charge is 0.213 e. The van der Waals surface area contributed by atoms with Gasteiger partial charge >= 0.3 is 0 Å². The first-order valence-electron chi connectivity index (χ1n) is 12.4. The molecule has 0 saturated carbocycles. The molecule has 2 aromatic heterocycles. The second-order valence-electron chi connectivity index (χ2n) is 8.88. The summed E-state index contributed by atoms with van der Waals surface area (Å²) < 4.78 is 0. The fraction of sp³-hybridized carbons (Fsp3) is 0.0625. The maximum absolute atomic E-state index is 4.62. The monoisotopic (exact) mass is 531 g/mol. The Morgan fingerprint density at radius 2 is 1.24 bits per heavy atom. The molecule has 0 radical (unpaired) electrons. The van der Waals surface area contributed by atoms with Crippen molar-refractivity contribution in [2.45, 2.75) is 9.79 Å². The van der Waals surface area contributed by atoms with E-state index in [4.69, 9.17) is 0 Å². The van der Waals surface area contributed by atoms with Gasteiger partial charge in [0.1, 0.15) is 0 Å². The van der Waals surface area contributed by atoms with Gasteiger partial charge in [0.15, 0.2) is 6.21 Å². The van der Waals surface area contributed by atoms with Crippen LogP contribution in [0.3, 0.4) is 0 Å². The molecule has 0 bridgehead atoms. The average molecular weight is 532 g/mol. The van der Waals surface area contributed by atoms with Gasteiger partial charge in [0.05, 0.1) is 28.4 Å². The van der Waals surface area contributed by atoms with Crippen LogP contribution < -0.4 is 4.99 Å². The zero-order chi connectivity index (χ0) is 25.9. The van der Waals surface area contributed by atoms with Crippen molar-refractivity contribution in [2.75, 3.05) is 12.5 Å². The number of thioether (sulfide) groups is 2. The van der Waals surface area contributed by atoms with E-state index < -0.39 is 0 Å². The number of nitrogens with one attached hydrogen (secondary N) is 3. The van der Waals surface area contributed by atoms with Crippen LogP contribution in [0.2, 0.25) is 0 Å². The van der Waals surface area contributed by atoms with Crippen LogP contribution in [0.4, 0.5) is 0 Å². The van der Waals surface area contributed by atoms with Crippen molar-refractivity contribution in [1.82, 2.24) is 9.97 Å². The standard InChI is InChI=1S/C32H26N4S2/c1-37-23-11-7-21(8-12-23)31(27-5-3-19-33-27)29-17-15-25(35-29)26-16-18-30(36-26)32(28-6-4-20-34-28)22-9-13-24(38-2)14-10-22/h3-20,35-36H,1-2H3/p+1. The highest BCUT2D eigenvalue weighted by molar-refractivity contribution is 7.98. The highest BCUT2D eigenvalue weighted by Crippen LogP contribution is 2.33. The summed E-state index contributed by atoms with van der Waals surface area (Å²) in [5, 5.41) is 0. The molecular formula is C32H27N4S2+. The topological polar surface area (TPSA) is 57.9 Å². The van der Waals surface area contributed by atoms with Crippen LogP contribution in [-0.4, -0.2) is 34.9 Å². The zero-order valence-corrected chi connectivity index (χ0v) is 22.8. The Bertz CT molecular complexity index is 1500. The van der Waals surface area contributed by atoms with Gasteiger partial charge in [-0.3, -0.25) is 4.99 Å². The number of rotatable bonds is 7. The largest absolute Gasteiger partial charge is 0.353 e. The summed E-state index contributed by atoms with van der Waals surface area (Å²) in [6, 6.07) is 25.9. The van der Waals surface area contributed by atoms with E-state index in [2.05, 4.69) is 117 Å². The van der Waals surface area contributed by atoms with E-state index in [0.717, 1.165) is 56.4 Å². The molecule has 0 fully saturated rings. The minimum atomic E-state index is 0.957. The Morgan fingerprint density at radius 1 is 0.658 bits per heavy atom. The van der Waals surface area contributed by atoms with E-state index in [0.29, 0.717) is 0 Å². The minimum absolute atomic E-state index is 0.957. The highest BCUT2D eigenvalue weighted by Gasteiger charge is 2.19. The van der Waals surface area contributed by atoms with Crippen LogP contribution in [0.1, 0.15) is 22.5 Å². The summed E-state index contributed by atoms with van der Waals surface area (Å²) >= 11 is 3.50. The fourth-order valence-corrected chi connectivity index (χ4v) is 5.56. The molecule has 0 amide bonds. The molecule has 4 nitrogen and oxygen atoms in total. The summed E-state index contributed by atoms with van der Waals surface area (Å²) in [7, 11) is 0. The van der Waals surface area contributed by atoms with Crippen molar-refractivity contribution in [3.8, 4) is 11.4 Å². The fourth-order valence-electron chi connectivity index (χ4n) is 4.74. The SMILES string of the molecule is CSc1ccc(C(=C2C=CC=N2)c2ccc(-c3ccc(C(=C4C=CC=[NH+]4)c4ccc(SC)cc4)[nH]3)[nH]2)cc1. The first kappa shape index (κ1) is 24.3. The minimum Gasteiger partial charge on any atom is -0.353 e. The van der Waals surface area contributed by atoms with Crippen LogP contribution >= 0.6 is 23.5 Å². The quantitative estimate of drug-likeness (QED) is 0.244. The van der Waals surface area contributed by atoms with Gasteiger partial charge in [-0.25, -0.2) is 4.99 Å². The van der Waals surface area contributed by atoms with Crippen LogP contribution in [0, 0.1) is 0 Å². The van der Waals surface area contributed by atoms with E-state index in [1.807, 2.05) is 24.6 Å². The first-order chi connectivity index (χ1) is 18.7. The predicted molar refractivity (Wildman–Crippen MR) is 163 cm³/mol. The van der Waals surface area contributed by atoms with E-state index in [9.17, 15) is 0 Å². The third-order valence-corrected chi connectivity index (χ3v) is 8.12. The molecule has 2 aliphatic heterocycles. The van der Waals surface area contributed by atoms with Gasteiger partial charge in [-0.15, -0.1) is 23.5 Å². The van der Waals surface area contributed by atoms with Crippen LogP contribution in [0.5, 0.6) is 0 Å². The van der Waals surface area contributed by atoms with Gasteiger partial charge < -0.3 is 9.97 Å². The number of aliphatic imine (C=N–C) groups is 1. The number of allylic oxidation sites excluding steroid dienone is 4. The molecule has 6 heteroatoms. The van der Waals surface area contributed by atoms with Crippen molar-refractivity contribution < 1.29 is 4.99 Å². The van der Waals surface area contributed by atoms with Gasteiger partial charge in [0.2, 0.25) is 5.70 Å². The van der Waals surface area contributed by atoms with Gasteiger partial charge in [-0.05, 0) is 84.3 Å². The molecule has 2 aliphatic rings. The normalized spacial score (nSPS) is 16.6. The van der Waals surface area contributed by atoms with Crippen molar-refractivity contribution in [2.24, 2.45) is 4.99 Å². The maximum Gasteiger partial charge on any atom is 0.213 e. The van der Waals surface area contributed by atoms with Crippen molar-refractivity contribution in [3.63, 3.8) is 0 Å². The van der Waals surface area contributed by atoms with Gasteiger partial charge in [0, 0.05) is 39.4 Å². The Hall–Kier alpha value is -4.00. The molecule has 0 unspecified atom stereocenters. The summed E-state index contributed by atoms with van der Waals surface area (Å²) in [6.07, 6.45) is 16.2. The number of H-pyrrole nitrogens is 2. The second kappa shape index (κ2) is 10.8. The Labute approximate surface area is 231 Å². The Balaban J connectivity index is 1.37. The molecule has 0 spiro atoms. The summed E-state index contributed by atoms with van der Waals surface area (Å²) in [6.45, 7) is 0. The van der Waals surface area contributed by atoms with Crippen molar-refractivity contribution in [3.05, 3.63) is 131 Å². The van der Waals surface area contributed by atoms with Crippen LogP contribution in [0.25, 0.3) is 22.5 Å². The average Bonchev–Trinajstić information content (AvgIpc) is 3.78. The molecule has 0 atom stereocenters. The molecular weight excluding hydrogens is 505 g/mol. The Morgan fingerprint density at radius 3 is 1.74 bits per heavy atom. The van der Waals surface area contributed by atoms with E-state index in [1.54, 1.807) is 23.5 Å². The number of nitrogens with zero attached hydrogens (tertiary/aromatic N) is 1. The lowest BCUT2D eigenvalue weighted by atomic mass is 10.0. The number of hydrogen-bond donors (Lipinski definition) is 3. The van der Waals surface area contributed by atoms with Crippen molar-refractivity contribution >= 4 is 47.1 Å². The summed E-state index contributed by atoms with van der Waals surface area (Å²) in [4.78, 5) is 17.8. The van der Waals surface area contributed by atoms with Gasteiger partial charge in [-0.2, -0.15) is 0 Å². The molecule has 3 N–H and O–H groups in total.